The van der Waals surface area contributed by atoms with Gasteiger partial charge in [-0.2, -0.15) is 0 Å². The largest absolute Gasteiger partial charge is 0.345 e. The van der Waals surface area contributed by atoms with Gasteiger partial charge in [-0.1, -0.05) is 48.5 Å². The fourth-order valence-corrected chi connectivity index (χ4v) is 3.13. The molecular formula is C21H25N3O2. The minimum atomic E-state index is -0.337. The Morgan fingerprint density at radius 3 is 2.12 bits per heavy atom. The molecule has 3 rings (SSSR count). The van der Waals surface area contributed by atoms with Gasteiger partial charge < -0.3 is 15.1 Å². The smallest absolute Gasteiger partial charge is 0.251 e. The number of benzene rings is 2. The van der Waals surface area contributed by atoms with Crippen LogP contribution in [0.15, 0.2) is 60.7 Å². The van der Waals surface area contributed by atoms with E-state index in [9.17, 15) is 9.59 Å². The van der Waals surface area contributed by atoms with Crippen LogP contribution in [0.4, 0.5) is 0 Å². The first-order valence-electron chi connectivity index (χ1n) is 9.00. The maximum atomic E-state index is 12.8. The van der Waals surface area contributed by atoms with Crippen LogP contribution in [0.25, 0.3) is 0 Å². The Hall–Kier alpha value is -2.66. The van der Waals surface area contributed by atoms with E-state index in [2.05, 4.69) is 17.3 Å². The van der Waals surface area contributed by atoms with E-state index in [1.54, 1.807) is 12.1 Å². The van der Waals surface area contributed by atoms with Crippen LogP contribution in [0.1, 0.15) is 28.4 Å². The number of likely N-dealkylation sites (N-methyl/N-ethyl adjacent to an activating group) is 1. The van der Waals surface area contributed by atoms with Gasteiger partial charge in [0.05, 0.1) is 12.5 Å². The van der Waals surface area contributed by atoms with Crippen LogP contribution in [0.2, 0.25) is 0 Å². The van der Waals surface area contributed by atoms with Gasteiger partial charge in [0.25, 0.3) is 5.91 Å². The van der Waals surface area contributed by atoms with Crippen molar-refractivity contribution in [1.82, 2.24) is 15.1 Å². The van der Waals surface area contributed by atoms with Crippen LogP contribution < -0.4 is 5.32 Å². The van der Waals surface area contributed by atoms with Gasteiger partial charge in [0.2, 0.25) is 5.91 Å². The van der Waals surface area contributed by atoms with Crippen LogP contribution in [0, 0.1) is 0 Å². The lowest BCUT2D eigenvalue weighted by Gasteiger charge is -2.33. The molecule has 0 unspecified atom stereocenters. The lowest BCUT2D eigenvalue weighted by Crippen LogP contribution is -2.48. The van der Waals surface area contributed by atoms with Crippen LogP contribution in [0.3, 0.4) is 0 Å². The second-order valence-electron chi connectivity index (χ2n) is 6.69. The summed E-state index contributed by atoms with van der Waals surface area (Å²) in [6, 6.07) is 18.5. The number of carbonyl (C=O) groups is 2. The number of piperazine rings is 1. The van der Waals surface area contributed by atoms with E-state index >= 15 is 0 Å². The fourth-order valence-electron chi connectivity index (χ4n) is 3.13. The third kappa shape index (κ3) is 4.70. The molecule has 0 spiro atoms. The molecule has 0 bridgehead atoms. The van der Waals surface area contributed by atoms with E-state index in [0.29, 0.717) is 5.56 Å². The van der Waals surface area contributed by atoms with Crippen LogP contribution in [-0.2, 0) is 4.79 Å². The highest BCUT2D eigenvalue weighted by Gasteiger charge is 2.24. The summed E-state index contributed by atoms with van der Waals surface area (Å²) in [5.41, 5.74) is 1.54. The Balaban J connectivity index is 1.72. The Bertz CT molecular complexity index is 725. The number of amides is 2. The maximum absolute atomic E-state index is 12.8. The molecule has 2 aromatic rings. The van der Waals surface area contributed by atoms with Crippen molar-refractivity contribution in [2.24, 2.45) is 0 Å². The Labute approximate surface area is 154 Å². The second kappa shape index (κ2) is 8.63. The minimum absolute atomic E-state index is 0.0836. The Morgan fingerprint density at radius 1 is 0.923 bits per heavy atom. The molecule has 2 aromatic carbocycles. The molecule has 0 radical (unpaired) electrons. The highest BCUT2D eigenvalue weighted by atomic mass is 16.2. The van der Waals surface area contributed by atoms with Crippen LogP contribution >= 0.6 is 0 Å². The highest BCUT2D eigenvalue weighted by Crippen LogP contribution is 2.19. The standard InChI is InChI=1S/C21H25N3O2/c1-23-12-14-24(15-13-23)20(25)16-19(17-8-4-2-5-9-17)22-21(26)18-10-6-3-7-11-18/h2-11,19H,12-16H2,1H3,(H,22,26)/t19-/m1/s1. The first-order chi connectivity index (χ1) is 12.6. The molecule has 1 atom stereocenters. The molecule has 0 aromatic heterocycles. The summed E-state index contributed by atoms with van der Waals surface area (Å²) in [6.07, 6.45) is 0.270. The monoisotopic (exact) mass is 351 g/mol. The molecule has 26 heavy (non-hydrogen) atoms. The predicted octanol–water partition coefficient (Wildman–Crippen LogP) is 2.32. The molecule has 5 nitrogen and oxygen atoms in total. The lowest BCUT2D eigenvalue weighted by atomic mass is 10.0. The summed E-state index contributed by atoms with van der Waals surface area (Å²) in [5.74, 6) is -0.0778. The molecule has 5 heteroatoms. The molecular weight excluding hydrogens is 326 g/mol. The number of nitrogens with one attached hydrogen (secondary N) is 1. The normalized spacial score (nSPS) is 16.1. The molecule has 1 N–H and O–H groups in total. The molecule has 1 saturated heterocycles. The molecule has 2 amide bonds. The summed E-state index contributed by atoms with van der Waals surface area (Å²) in [7, 11) is 2.06. The summed E-state index contributed by atoms with van der Waals surface area (Å²) in [6.45, 7) is 3.25. The van der Waals surface area contributed by atoms with E-state index in [4.69, 9.17) is 0 Å². The zero-order chi connectivity index (χ0) is 18.4. The molecule has 0 saturated carbocycles. The van der Waals surface area contributed by atoms with Gasteiger partial charge in [0.1, 0.15) is 0 Å². The molecule has 0 aliphatic carbocycles. The van der Waals surface area contributed by atoms with Crippen molar-refractivity contribution >= 4 is 11.8 Å². The zero-order valence-electron chi connectivity index (χ0n) is 15.1. The zero-order valence-corrected chi connectivity index (χ0v) is 15.1. The van der Waals surface area contributed by atoms with Gasteiger partial charge in [-0.15, -0.1) is 0 Å². The van der Waals surface area contributed by atoms with Crippen molar-refractivity contribution in [3.63, 3.8) is 0 Å². The number of nitrogens with zero attached hydrogens (tertiary/aromatic N) is 2. The highest BCUT2D eigenvalue weighted by molar-refractivity contribution is 5.94. The van der Waals surface area contributed by atoms with Crippen LogP contribution in [-0.4, -0.2) is 54.8 Å². The number of rotatable bonds is 5. The SMILES string of the molecule is CN1CCN(C(=O)C[C@@H](NC(=O)c2ccccc2)c2ccccc2)CC1. The fraction of sp³-hybridized carbons (Fsp3) is 0.333. The lowest BCUT2D eigenvalue weighted by molar-refractivity contribution is -0.133. The van der Waals surface area contributed by atoms with Crippen molar-refractivity contribution in [3.8, 4) is 0 Å². The van der Waals surface area contributed by atoms with Gasteiger partial charge >= 0.3 is 0 Å². The van der Waals surface area contributed by atoms with Gasteiger partial charge in [-0.05, 0) is 24.7 Å². The first-order valence-corrected chi connectivity index (χ1v) is 9.00. The van der Waals surface area contributed by atoms with E-state index in [1.165, 1.54) is 0 Å². The maximum Gasteiger partial charge on any atom is 0.251 e. The van der Waals surface area contributed by atoms with Crippen LogP contribution in [0.5, 0.6) is 0 Å². The van der Waals surface area contributed by atoms with Crippen molar-refractivity contribution in [2.45, 2.75) is 12.5 Å². The van der Waals surface area contributed by atoms with E-state index in [-0.39, 0.29) is 24.3 Å². The number of carbonyl (C=O) groups excluding carboxylic acids is 2. The third-order valence-electron chi connectivity index (χ3n) is 4.78. The molecule has 1 heterocycles. The first kappa shape index (κ1) is 18.1. The van der Waals surface area contributed by atoms with E-state index < -0.39 is 0 Å². The van der Waals surface area contributed by atoms with E-state index in [1.807, 2.05) is 53.4 Å². The molecule has 1 fully saturated rings. The molecule has 1 aliphatic heterocycles. The van der Waals surface area contributed by atoms with Crippen molar-refractivity contribution in [1.29, 1.82) is 0 Å². The number of hydrogen-bond acceptors (Lipinski definition) is 3. The van der Waals surface area contributed by atoms with Gasteiger partial charge in [-0.3, -0.25) is 9.59 Å². The van der Waals surface area contributed by atoms with Gasteiger partial charge in [-0.25, -0.2) is 0 Å². The Morgan fingerprint density at radius 2 is 1.50 bits per heavy atom. The van der Waals surface area contributed by atoms with Crippen molar-refractivity contribution in [3.05, 3.63) is 71.8 Å². The predicted molar refractivity (Wildman–Crippen MR) is 102 cm³/mol. The average Bonchev–Trinajstić information content (AvgIpc) is 2.69. The summed E-state index contributed by atoms with van der Waals surface area (Å²) in [4.78, 5) is 29.5. The van der Waals surface area contributed by atoms with E-state index in [0.717, 1.165) is 31.7 Å². The second-order valence-corrected chi connectivity index (χ2v) is 6.69. The van der Waals surface area contributed by atoms with Gasteiger partial charge in [0.15, 0.2) is 0 Å². The number of hydrogen-bond donors (Lipinski definition) is 1. The average molecular weight is 351 g/mol. The summed E-state index contributed by atoms with van der Waals surface area (Å²) in [5, 5.41) is 3.03. The van der Waals surface area contributed by atoms with Crippen molar-refractivity contribution < 1.29 is 9.59 Å². The summed E-state index contributed by atoms with van der Waals surface area (Å²) < 4.78 is 0. The third-order valence-corrected chi connectivity index (χ3v) is 4.78. The molecule has 1 aliphatic rings. The summed E-state index contributed by atoms with van der Waals surface area (Å²) >= 11 is 0. The van der Waals surface area contributed by atoms with Gasteiger partial charge in [0, 0.05) is 31.7 Å². The molecule has 136 valence electrons. The minimum Gasteiger partial charge on any atom is -0.345 e. The Kier molecular flexibility index (Phi) is 6.02. The topological polar surface area (TPSA) is 52.6 Å². The quantitative estimate of drug-likeness (QED) is 0.899. The van der Waals surface area contributed by atoms with Crippen molar-refractivity contribution in [2.75, 3.05) is 33.2 Å².